The molecule has 0 atom stereocenters. The molecule has 1 saturated heterocycles. The lowest BCUT2D eigenvalue weighted by Gasteiger charge is -2.32. The molecule has 148 valence electrons. The lowest BCUT2D eigenvalue weighted by molar-refractivity contribution is 0.214. The van der Waals surface area contributed by atoms with Crippen LogP contribution in [0.15, 0.2) is 42.5 Å². The highest BCUT2D eigenvalue weighted by molar-refractivity contribution is 5.91. The van der Waals surface area contributed by atoms with Crippen molar-refractivity contribution < 1.29 is 4.74 Å². The van der Waals surface area contributed by atoms with Gasteiger partial charge in [0.15, 0.2) is 0 Å². The number of benzene rings is 2. The summed E-state index contributed by atoms with van der Waals surface area (Å²) >= 11 is 0. The van der Waals surface area contributed by atoms with Gasteiger partial charge in [-0.05, 0) is 98.9 Å². The minimum atomic E-state index is 0.675. The summed E-state index contributed by atoms with van der Waals surface area (Å²) in [7, 11) is 3.73. The molecule has 2 aromatic carbocycles. The van der Waals surface area contributed by atoms with E-state index in [0.717, 1.165) is 18.8 Å². The van der Waals surface area contributed by atoms with Crippen LogP contribution in [-0.2, 0) is 0 Å². The summed E-state index contributed by atoms with van der Waals surface area (Å²) in [5.74, 6) is 1.56. The number of aromatic nitrogens is 1. The normalized spacial score (nSPS) is 16.0. The van der Waals surface area contributed by atoms with Gasteiger partial charge in [0.1, 0.15) is 5.75 Å². The highest BCUT2D eigenvalue weighted by atomic mass is 16.5. The fourth-order valence-corrected chi connectivity index (χ4v) is 4.40. The molecule has 0 saturated carbocycles. The predicted octanol–water partition coefficient (Wildman–Crippen LogP) is 4.55. The molecule has 1 aliphatic heterocycles. The van der Waals surface area contributed by atoms with Crippen LogP contribution in [-0.4, -0.2) is 50.2 Å². The van der Waals surface area contributed by atoms with Crippen LogP contribution in [0.3, 0.4) is 0 Å². The van der Waals surface area contributed by atoms with E-state index in [2.05, 4.69) is 52.5 Å². The van der Waals surface area contributed by atoms with Crippen LogP contribution in [0, 0.1) is 6.92 Å². The molecule has 0 unspecified atom stereocenters. The van der Waals surface area contributed by atoms with E-state index in [1.54, 1.807) is 7.11 Å². The molecule has 1 aromatic heterocycles. The Balaban J connectivity index is 1.55. The number of piperidine rings is 1. The highest BCUT2D eigenvalue weighted by Crippen LogP contribution is 2.34. The number of nitrogens with one attached hydrogen (secondary N) is 2. The van der Waals surface area contributed by atoms with Gasteiger partial charge < -0.3 is 19.9 Å². The van der Waals surface area contributed by atoms with Gasteiger partial charge in [-0.2, -0.15) is 0 Å². The average molecular weight is 378 g/mol. The fraction of sp³-hybridized carbons (Fsp3) is 0.417. The zero-order valence-corrected chi connectivity index (χ0v) is 17.2. The molecule has 4 nitrogen and oxygen atoms in total. The third-order valence-electron chi connectivity index (χ3n) is 6.20. The summed E-state index contributed by atoms with van der Waals surface area (Å²) in [6.45, 7) is 6.86. The number of hydrogen-bond donors (Lipinski definition) is 2. The molecule has 2 heterocycles. The van der Waals surface area contributed by atoms with Crippen molar-refractivity contribution >= 4 is 10.9 Å². The van der Waals surface area contributed by atoms with E-state index < -0.39 is 0 Å². The van der Waals surface area contributed by atoms with Gasteiger partial charge in [-0.15, -0.1) is 0 Å². The zero-order valence-electron chi connectivity index (χ0n) is 17.2. The molecule has 28 heavy (non-hydrogen) atoms. The van der Waals surface area contributed by atoms with E-state index in [9.17, 15) is 0 Å². The van der Waals surface area contributed by atoms with E-state index in [4.69, 9.17) is 4.74 Å². The molecule has 0 aliphatic carbocycles. The summed E-state index contributed by atoms with van der Waals surface area (Å²) in [5.41, 5.74) is 6.45. The van der Waals surface area contributed by atoms with Gasteiger partial charge in [0.05, 0.1) is 7.11 Å². The van der Waals surface area contributed by atoms with Crippen LogP contribution in [0.4, 0.5) is 0 Å². The van der Waals surface area contributed by atoms with Crippen molar-refractivity contribution in [1.29, 1.82) is 0 Å². The van der Waals surface area contributed by atoms with Crippen molar-refractivity contribution in [2.45, 2.75) is 25.7 Å². The quantitative estimate of drug-likeness (QED) is 0.662. The van der Waals surface area contributed by atoms with E-state index in [0.29, 0.717) is 5.92 Å². The summed E-state index contributed by atoms with van der Waals surface area (Å²) in [4.78, 5) is 6.20. The monoisotopic (exact) mass is 377 g/mol. The summed E-state index contributed by atoms with van der Waals surface area (Å²) < 4.78 is 5.29. The number of aromatic amines is 1. The number of ether oxygens (including phenoxy) is 1. The maximum atomic E-state index is 5.29. The Kier molecular flexibility index (Phi) is 5.69. The summed E-state index contributed by atoms with van der Waals surface area (Å²) in [5, 5.41) is 4.60. The Hall–Kier alpha value is -2.30. The maximum absolute atomic E-state index is 5.29. The zero-order chi connectivity index (χ0) is 19.5. The Morgan fingerprint density at radius 2 is 1.86 bits per heavy atom. The average Bonchev–Trinajstić information content (AvgIpc) is 3.08. The third-order valence-corrected chi connectivity index (χ3v) is 6.20. The van der Waals surface area contributed by atoms with Gasteiger partial charge in [-0.25, -0.2) is 0 Å². The second-order valence-corrected chi connectivity index (χ2v) is 7.88. The highest BCUT2D eigenvalue weighted by Gasteiger charge is 2.21. The van der Waals surface area contributed by atoms with Crippen LogP contribution >= 0.6 is 0 Å². The minimum absolute atomic E-state index is 0.675. The SMILES string of the molecule is CNCCN1CCC(c2ccc3[nH]c(-c4ccc(OC)cc4)c(C)c3c2)CC1. The number of methoxy groups -OCH3 is 1. The van der Waals surface area contributed by atoms with Gasteiger partial charge in [0.25, 0.3) is 0 Å². The Labute approximate surface area is 167 Å². The number of rotatable bonds is 6. The number of H-pyrrole nitrogens is 1. The number of hydrogen-bond acceptors (Lipinski definition) is 3. The molecule has 3 aromatic rings. The van der Waals surface area contributed by atoms with Crippen molar-refractivity contribution in [2.75, 3.05) is 40.3 Å². The molecule has 1 aliphatic rings. The Morgan fingerprint density at radius 3 is 2.54 bits per heavy atom. The van der Waals surface area contributed by atoms with Crippen molar-refractivity contribution in [1.82, 2.24) is 15.2 Å². The third kappa shape index (κ3) is 3.80. The van der Waals surface area contributed by atoms with Crippen molar-refractivity contribution in [3.63, 3.8) is 0 Å². The molecule has 0 spiro atoms. The first-order valence-electron chi connectivity index (χ1n) is 10.3. The molecule has 0 bridgehead atoms. The van der Waals surface area contributed by atoms with Crippen LogP contribution in [0.25, 0.3) is 22.2 Å². The predicted molar refractivity (Wildman–Crippen MR) is 117 cm³/mol. The minimum Gasteiger partial charge on any atom is -0.497 e. The number of aryl methyl sites for hydroxylation is 1. The van der Waals surface area contributed by atoms with Gasteiger partial charge in [0.2, 0.25) is 0 Å². The van der Waals surface area contributed by atoms with Crippen LogP contribution in [0.5, 0.6) is 5.75 Å². The smallest absolute Gasteiger partial charge is 0.118 e. The topological polar surface area (TPSA) is 40.3 Å². The molecule has 1 fully saturated rings. The van der Waals surface area contributed by atoms with Gasteiger partial charge in [-0.3, -0.25) is 0 Å². The van der Waals surface area contributed by atoms with Crippen LogP contribution in [0.2, 0.25) is 0 Å². The summed E-state index contributed by atoms with van der Waals surface area (Å²) in [6.07, 6.45) is 2.51. The first kappa shape index (κ1) is 19.0. The van der Waals surface area contributed by atoms with Crippen molar-refractivity contribution in [2.24, 2.45) is 0 Å². The van der Waals surface area contributed by atoms with Gasteiger partial charge >= 0.3 is 0 Å². The number of fused-ring (bicyclic) bond motifs is 1. The number of likely N-dealkylation sites (tertiary alicyclic amines) is 1. The molecule has 0 radical (unpaired) electrons. The lowest BCUT2D eigenvalue weighted by atomic mass is 9.88. The molecule has 0 amide bonds. The molecule has 4 rings (SSSR count). The molecule has 2 N–H and O–H groups in total. The second-order valence-electron chi connectivity index (χ2n) is 7.88. The van der Waals surface area contributed by atoms with Gasteiger partial charge in [0, 0.05) is 29.7 Å². The Bertz CT molecular complexity index is 921. The van der Waals surface area contributed by atoms with Crippen molar-refractivity contribution in [3.8, 4) is 17.0 Å². The van der Waals surface area contributed by atoms with E-state index in [-0.39, 0.29) is 0 Å². The Morgan fingerprint density at radius 1 is 1.11 bits per heavy atom. The first-order valence-corrected chi connectivity index (χ1v) is 10.3. The molecule has 4 heteroatoms. The van der Waals surface area contributed by atoms with Crippen molar-refractivity contribution in [3.05, 3.63) is 53.6 Å². The first-order chi connectivity index (χ1) is 13.7. The standard InChI is InChI=1S/C24H31N3O/c1-17-22-16-20(18-10-13-27(14-11-18)15-12-25-2)6-9-23(22)26-24(17)19-4-7-21(28-3)8-5-19/h4-9,16,18,25-26H,10-15H2,1-3H3. The van der Waals surface area contributed by atoms with E-state index in [1.807, 2.05) is 19.2 Å². The van der Waals surface area contributed by atoms with E-state index >= 15 is 0 Å². The number of likely N-dealkylation sites (N-methyl/N-ethyl adjacent to an activating group) is 1. The molecular formula is C24H31N3O. The molecular weight excluding hydrogens is 346 g/mol. The fourth-order valence-electron chi connectivity index (χ4n) is 4.40. The van der Waals surface area contributed by atoms with Gasteiger partial charge in [-0.1, -0.05) is 6.07 Å². The number of nitrogens with zero attached hydrogens (tertiary/aromatic N) is 1. The second kappa shape index (κ2) is 8.38. The van der Waals surface area contributed by atoms with E-state index in [1.165, 1.54) is 59.2 Å². The maximum Gasteiger partial charge on any atom is 0.118 e. The van der Waals surface area contributed by atoms with Crippen LogP contribution < -0.4 is 10.1 Å². The van der Waals surface area contributed by atoms with Crippen LogP contribution in [0.1, 0.15) is 29.9 Å². The summed E-state index contributed by atoms with van der Waals surface area (Å²) in [6, 6.07) is 15.3. The lowest BCUT2D eigenvalue weighted by Crippen LogP contribution is -2.37. The largest absolute Gasteiger partial charge is 0.497 e.